The van der Waals surface area contributed by atoms with Gasteiger partial charge in [0.05, 0.1) is 24.5 Å². The highest BCUT2D eigenvalue weighted by atomic mass is 35.5. The van der Waals surface area contributed by atoms with E-state index in [0.29, 0.717) is 45.9 Å². The van der Waals surface area contributed by atoms with Crippen molar-refractivity contribution in [3.05, 3.63) is 87.4 Å². The van der Waals surface area contributed by atoms with Crippen LogP contribution in [0.4, 0.5) is 0 Å². The zero-order valence-electron chi connectivity index (χ0n) is 19.0. The largest absolute Gasteiger partial charge is 0.494 e. The van der Waals surface area contributed by atoms with Crippen LogP contribution in [-0.4, -0.2) is 25.3 Å². The molecule has 3 rings (SSSR count). The first-order valence-corrected chi connectivity index (χ1v) is 11.7. The fourth-order valence-electron chi connectivity index (χ4n) is 3.00. The Hall–Kier alpha value is -3.22. The Labute approximate surface area is 209 Å². The molecule has 1 amide bonds. The van der Waals surface area contributed by atoms with Crippen molar-refractivity contribution in [1.82, 2.24) is 5.43 Å². The van der Waals surface area contributed by atoms with Crippen LogP contribution in [0.25, 0.3) is 0 Å². The SMILES string of the molecule is CCCOc1ccc(C(=O)N/N=C/c2cc(Cl)c(OCc3cccc(Cl)c3)c(OCC)c2)cc1. The number of nitrogens with one attached hydrogen (secondary N) is 1. The predicted molar refractivity (Wildman–Crippen MR) is 136 cm³/mol. The maximum Gasteiger partial charge on any atom is 0.271 e. The fraction of sp³-hybridized carbons (Fsp3) is 0.231. The van der Waals surface area contributed by atoms with E-state index in [0.717, 1.165) is 17.7 Å². The fourth-order valence-corrected chi connectivity index (χ4v) is 3.49. The van der Waals surface area contributed by atoms with Gasteiger partial charge in [-0.05, 0) is 73.0 Å². The van der Waals surface area contributed by atoms with E-state index in [4.69, 9.17) is 37.4 Å². The topological polar surface area (TPSA) is 69.2 Å². The normalized spacial score (nSPS) is 10.8. The van der Waals surface area contributed by atoms with Crippen LogP contribution in [0.3, 0.4) is 0 Å². The molecule has 6 nitrogen and oxygen atoms in total. The number of ether oxygens (including phenoxy) is 3. The van der Waals surface area contributed by atoms with Crippen LogP contribution >= 0.6 is 23.2 Å². The molecule has 3 aromatic carbocycles. The molecular weight excluding hydrogens is 475 g/mol. The molecule has 0 saturated carbocycles. The van der Waals surface area contributed by atoms with Gasteiger partial charge in [-0.2, -0.15) is 5.10 Å². The standard InChI is InChI=1S/C26H26Cl2N2O4/c1-3-12-33-22-10-8-20(9-11-22)26(31)30-29-16-19-14-23(28)25(24(15-19)32-4-2)34-17-18-6-5-7-21(27)13-18/h5-11,13-16H,3-4,12,17H2,1-2H3,(H,30,31)/b29-16+. The highest BCUT2D eigenvalue weighted by Crippen LogP contribution is 2.37. The number of carbonyl (C=O) groups is 1. The lowest BCUT2D eigenvalue weighted by Gasteiger charge is -2.14. The monoisotopic (exact) mass is 500 g/mol. The summed E-state index contributed by atoms with van der Waals surface area (Å²) in [6.07, 6.45) is 2.41. The molecule has 0 aliphatic heterocycles. The van der Waals surface area contributed by atoms with Crippen molar-refractivity contribution in [2.24, 2.45) is 5.10 Å². The zero-order valence-corrected chi connectivity index (χ0v) is 20.5. The van der Waals surface area contributed by atoms with Crippen LogP contribution in [-0.2, 0) is 6.61 Å². The van der Waals surface area contributed by atoms with E-state index < -0.39 is 0 Å². The molecule has 0 saturated heterocycles. The first-order chi connectivity index (χ1) is 16.5. The molecule has 0 bridgehead atoms. The number of rotatable bonds is 11. The number of hydrogen-bond donors (Lipinski definition) is 1. The van der Waals surface area contributed by atoms with Gasteiger partial charge in [0.25, 0.3) is 5.91 Å². The number of nitrogens with zero attached hydrogens (tertiary/aromatic N) is 1. The molecular formula is C26H26Cl2N2O4. The lowest BCUT2D eigenvalue weighted by molar-refractivity contribution is 0.0955. The van der Waals surface area contributed by atoms with E-state index in [-0.39, 0.29) is 12.5 Å². The Kier molecular flexibility index (Phi) is 9.62. The average Bonchev–Trinajstić information content (AvgIpc) is 2.83. The summed E-state index contributed by atoms with van der Waals surface area (Å²) in [5, 5.41) is 5.04. The Bertz CT molecular complexity index is 1130. The lowest BCUT2D eigenvalue weighted by Crippen LogP contribution is -2.17. The highest BCUT2D eigenvalue weighted by molar-refractivity contribution is 6.32. The molecule has 8 heteroatoms. The van der Waals surface area contributed by atoms with E-state index in [1.807, 2.05) is 32.0 Å². The van der Waals surface area contributed by atoms with Gasteiger partial charge in [0, 0.05) is 10.6 Å². The summed E-state index contributed by atoms with van der Waals surface area (Å²) in [7, 11) is 0. The van der Waals surface area contributed by atoms with Gasteiger partial charge in [-0.3, -0.25) is 4.79 Å². The summed E-state index contributed by atoms with van der Waals surface area (Å²) in [5.74, 6) is 1.29. The summed E-state index contributed by atoms with van der Waals surface area (Å²) >= 11 is 12.5. The number of halogens is 2. The average molecular weight is 501 g/mol. The van der Waals surface area contributed by atoms with Crippen molar-refractivity contribution in [2.45, 2.75) is 26.9 Å². The summed E-state index contributed by atoms with van der Waals surface area (Å²) < 4.78 is 17.1. The second kappa shape index (κ2) is 12.9. The van der Waals surface area contributed by atoms with E-state index in [9.17, 15) is 4.79 Å². The van der Waals surface area contributed by atoms with E-state index in [1.54, 1.807) is 42.5 Å². The molecule has 0 spiro atoms. The van der Waals surface area contributed by atoms with Gasteiger partial charge in [0.2, 0.25) is 0 Å². The molecule has 0 aliphatic rings. The third-order valence-electron chi connectivity index (χ3n) is 4.57. The molecule has 0 unspecified atom stereocenters. The third kappa shape index (κ3) is 7.40. The minimum absolute atomic E-state index is 0.284. The van der Waals surface area contributed by atoms with Crippen molar-refractivity contribution in [3.63, 3.8) is 0 Å². The Balaban J connectivity index is 1.66. The number of carbonyl (C=O) groups excluding carboxylic acids is 1. The van der Waals surface area contributed by atoms with Crippen molar-refractivity contribution in [1.29, 1.82) is 0 Å². The minimum atomic E-state index is -0.337. The maximum atomic E-state index is 12.3. The summed E-state index contributed by atoms with van der Waals surface area (Å²) in [6, 6.07) is 17.7. The minimum Gasteiger partial charge on any atom is -0.494 e. The molecule has 1 N–H and O–H groups in total. The first kappa shape index (κ1) is 25.4. The number of hydrogen-bond acceptors (Lipinski definition) is 5. The van der Waals surface area contributed by atoms with Crippen LogP contribution in [0, 0.1) is 0 Å². The van der Waals surface area contributed by atoms with Gasteiger partial charge in [0.15, 0.2) is 11.5 Å². The molecule has 0 heterocycles. The van der Waals surface area contributed by atoms with Crippen LogP contribution < -0.4 is 19.6 Å². The third-order valence-corrected chi connectivity index (χ3v) is 5.09. The van der Waals surface area contributed by atoms with E-state index in [1.165, 1.54) is 6.21 Å². The van der Waals surface area contributed by atoms with Crippen molar-refractivity contribution in [2.75, 3.05) is 13.2 Å². The van der Waals surface area contributed by atoms with Crippen molar-refractivity contribution in [3.8, 4) is 17.2 Å². The van der Waals surface area contributed by atoms with Crippen molar-refractivity contribution >= 4 is 35.3 Å². The molecule has 0 aromatic heterocycles. The number of benzene rings is 3. The second-order valence-corrected chi connectivity index (χ2v) is 8.10. The molecule has 0 fully saturated rings. The Morgan fingerprint density at radius 3 is 2.50 bits per heavy atom. The molecule has 3 aromatic rings. The molecule has 0 aliphatic carbocycles. The smallest absolute Gasteiger partial charge is 0.271 e. The molecule has 0 radical (unpaired) electrons. The summed E-state index contributed by atoms with van der Waals surface area (Å²) in [6.45, 7) is 5.25. The molecule has 178 valence electrons. The van der Waals surface area contributed by atoms with Gasteiger partial charge in [0.1, 0.15) is 12.4 Å². The van der Waals surface area contributed by atoms with Gasteiger partial charge in [-0.25, -0.2) is 5.43 Å². The highest BCUT2D eigenvalue weighted by Gasteiger charge is 2.13. The van der Waals surface area contributed by atoms with Gasteiger partial charge in [-0.15, -0.1) is 0 Å². The van der Waals surface area contributed by atoms with Crippen LogP contribution in [0.1, 0.15) is 41.8 Å². The molecule has 0 atom stereocenters. The maximum absolute atomic E-state index is 12.3. The van der Waals surface area contributed by atoms with Gasteiger partial charge < -0.3 is 14.2 Å². The summed E-state index contributed by atoms with van der Waals surface area (Å²) in [4.78, 5) is 12.3. The first-order valence-electron chi connectivity index (χ1n) is 10.9. The van der Waals surface area contributed by atoms with Gasteiger partial charge in [-0.1, -0.05) is 42.3 Å². The molecule has 34 heavy (non-hydrogen) atoms. The Morgan fingerprint density at radius 2 is 1.79 bits per heavy atom. The quantitative estimate of drug-likeness (QED) is 0.240. The number of hydrazone groups is 1. The Morgan fingerprint density at radius 1 is 1.00 bits per heavy atom. The lowest BCUT2D eigenvalue weighted by atomic mass is 10.2. The zero-order chi connectivity index (χ0) is 24.3. The predicted octanol–water partition coefficient (Wildman–Crippen LogP) is 6.52. The van der Waals surface area contributed by atoms with Crippen LogP contribution in [0.15, 0.2) is 65.8 Å². The summed E-state index contributed by atoms with van der Waals surface area (Å²) in [5.41, 5.74) is 4.53. The van der Waals surface area contributed by atoms with E-state index in [2.05, 4.69) is 10.5 Å². The second-order valence-electron chi connectivity index (χ2n) is 7.25. The van der Waals surface area contributed by atoms with Crippen LogP contribution in [0.2, 0.25) is 10.0 Å². The van der Waals surface area contributed by atoms with Crippen molar-refractivity contribution < 1.29 is 19.0 Å². The van der Waals surface area contributed by atoms with Crippen LogP contribution in [0.5, 0.6) is 17.2 Å². The van der Waals surface area contributed by atoms with Gasteiger partial charge >= 0.3 is 0 Å². The number of amides is 1. The van der Waals surface area contributed by atoms with E-state index >= 15 is 0 Å².